The zero-order valence-electron chi connectivity index (χ0n) is 25.1. The molecule has 0 bridgehead atoms. The van der Waals surface area contributed by atoms with E-state index in [1.165, 1.54) is 17.0 Å². The zero-order valence-corrected chi connectivity index (χ0v) is 25.1. The van der Waals surface area contributed by atoms with E-state index in [0.717, 1.165) is 16.7 Å². The topological polar surface area (TPSA) is 128 Å². The smallest absolute Gasteiger partial charge is 0.408 e. The van der Waals surface area contributed by atoms with Crippen molar-refractivity contribution >= 4 is 23.6 Å². The molecular weight excluding hydrogens is 534 g/mol. The van der Waals surface area contributed by atoms with Crippen LogP contribution in [0.5, 0.6) is 5.75 Å². The standard InChI is InChI=1S/C33H41N3O6/c1-21-11-9-12-26(23(21)3)29(30(39)34-27-13-8-7-10-22(27)2)36(18-19-37)31(40)28(35-32(41)42-33(4,5)6)20-24-14-16-25(38)17-15-24/h7-17,28-29,37-38H,18-20H2,1-6H3,(H,34,39)(H,35,41). The number of aliphatic hydroxyl groups excluding tert-OH is 1. The molecule has 0 saturated heterocycles. The number of para-hydroxylation sites is 1. The number of benzene rings is 3. The first kappa shape index (κ1) is 32.1. The minimum absolute atomic E-state index is 0.0548. The van der Waals surface area contributed by atoms with E-state index in [2.05, 4.69) is 10.6 Å². The van der Waals surface area contributed by atoms with Gasteiger partial charge in [0.15, 0.2) is 0 Å². The molecule has 3 aromatic rings. The van der Waals surface area contributed by atoms with Gasteiger partial charge in [0, 0.05) is 18.7 Å². The van der Waals surface area contributed by atoms with Gasteiger partial charge < -0.3 is 30.5 Å². The van der Waals surface area contributed by atoms with Crippen molar-refractivity contribution in [1.82, 2.24) is 10.2 Å². The van der Waals surface area contributed by atoms with Gasteiger partial charge in [-0.2, -0.15) is 0 Å². The lowest BCUT2D eigenvalue weighted by Crippen LogP contribution is -2.54. The summed E-state index contributed by atoms with van der Waals surface area (Å²) in [5.74, 6) is -0.972. The van der Waals surface area contributed by atoms with Crippen LogP contribution in [0.3, 0.4) is 0 Å². The monoisotopic (exact) mass is 575 g/mol. The van der Waals surface area contributed by atoms with Gasteiger partial charge in [-0.05, 0) is 87.6 Å². The van der Waals surface area contributed by atoms with Crippen LogP contribution in [-0.2, 0) is 20.7 Å². The van der Waals surface area contributed by atoms with Gasteiger partial charge in [0.1, 0.15) is 23.4 Å². The van der Waals surface area contributed by atoms with Crippen molar-refractivity contribution in [3.8, 4) is 5.75 Å². The Balaban J connectivity index is 2.09. The lowest BCUT2D eigenvalue weighted by atomic mass is 9.94. The molecule has 0 aromatic heterocycles. The lowest BCUT2D eigenvalue weighted by Gasteiger charge is -2.35. The van der Waals surface area contributed by atoms with Crippen LogP contribution in [0.2, 0.25) is 0 Å². The van der Waals surface area contributed by atoms with Crippen LogP contribution in [0.15, 0.2) is 66.7 Å². The summed E-state index contributed by atoms with van der Waals surface area (Å²) in [6, 6.07) is 16.9. The molecule has 4 N–H and O–H groups in total. The fraction of sp³-hybridized carbons (Fsp3) is 0.364. The maximum atomic E-state index is 14.4. The summed E-state index contributed by atoms with van der Waals surface area (Å²) < 4.78 is 5.45. The van der Waals surface area contributed by atoms with Gasteiger partial charge in [0.2, 0.25) is 5.91 Å². The number of anilines is 1. The fourth-order valence-electron chi connectivity index (χ4n) is 4.63. The van der Waals surface area contributed by atoms with Crippen LogP contribution in [0, 0.1) is 20.8 Å². The molecule has 0 heterocycles. The molecule has 0 radical (unpaired) electrons. The minimum atomic E-state index is -1.14. The van der Waals surface area contributed by atoms with E-state index < -0.39 is 42.2 Å². The molecule has 2 unspecified atom stereocenters. The summed E-state index contributed by atoms with van der Waals surface area (Å²) in [6.07, 6.45) is -0.740. The molecule has 224 valence electrons. The number of phenolic OH excluding ortho intramolecular Hbond substituents is 1. The second kappa shape index (κ2) is 14.0. The summed E-state index contributed by atoms with van der Waals surface area (Å²) in [5.41, 5.74) is 3.67. The van der Waals surface area contributed by atoms with Gasteiger partial charge in [0.25, 0.3) is 5.91 Å². The van der Waals surface area contributed by atoms with Crippen LogP contribution in [-0.4, -0.2) is 57.8 Å². The Labute approximate surface area is 247 Å². The number of aromatic hydroxyl groups is 1. The summed E-state index contributed by atoms with van der Waals surface area (Å²) in [4.78, 5) is 42.6. The van der Waals surface area contributed by atoms with E-state index in [1.807, 2.05) is 51.1 Å². The highest BCUT2D eigenvalue weighted by molar-refractivity contribution is 5.99. The Morgan fingerprint density at radius 1 is 0.905 bits per heavy atom. The number of alkyl carbamates (subject to hydrolysis) is 1. The normalized spacial score (nSPS) is 12.6. The van der Waals surface area contributed by atoms with Crippen LogP contribution in [0.25, 0.3) is 0 Å². The number of aryl methyl sites for hydroxylation is 2. The third-order valence-electron chi connectivity index (χ3n) is 6.89. The average Bonchev–Trinajstić information content (AvgIpc) is 2.91. The number of aliphatic hydroxyl groups is 1. The minimum Gasteiger partial charge on any atom is -0.508 e. The fourth-order valence-corrected chi connectivity index (χ4v) is 4.63. The van der Waals surface area contributed by atoms with E-state index in [1.54, 1.807) is 45.0 Å². The Morgan fingerprint density at radius 2 is 1.55 bits per heavy atom. The van der Waals surface area contributed by atoms with Crippen molar-refractivity contribution in [3.05, 3.63) is 94.5 Å². The molecule has 0 aliphatic heterocycles. The number of hydrogen-bond donors (Lipinski definition) is 4. The van der Waals surface area contributed by atoms with Crippen molar-refractivity contribution in [2.75, 3.05) is 18.5 Å². The van der Waals surface area contributed by atoms with E-state index in [9.17, 15) is 24.6 Å². The van der Waals surface area contributed by atoms with Crippen molar-refractivity contribution in [2.24, 2.45) is 0 Å². The summed E-state index contributed by atoms with van der Waals surface area (Å²) in [5, 5.41) is 25.5. The number of nitrogens with one attached hydrogen (secondary N) is 2. The van der Waals surface area contributed by atoms with Crippen molar-refractivity contribution in [3.63, 3.8) is 0 Å². The average molecular weight is 576 g/mol. The van der Waals surface area contributed by atoms with Crippen LogP contribution in [0.4, 0.5) is 10.5 Å². The molecule has 3 amide bonds. The highest BCUT2D eigenvalue weighted by Crippen LogP contribution is 2.29. The van der Waals surface area contributed by atoms with Crippen molar-refractivity contribution < 1.29 is 29.3 Å². The maximum Gasteiger partial charge on any atom is 0.408 e. The molecule has 3 aromatic carbocycles. The van der Waals surface area contributed by atoms with E-state index in [-0.39, 0.29) is 18.7 Å². The SMILES string of the molecule is Cc1ccccc1NC(=O)C(c1cccc(C)c1C)N(CCO)C(=O)C(Cc1ccc(O)cc1)NC(=O)OC(C)(C)C. The number of carbonyl (C=O) groups is 3. The quantitative estimate of drug-likeness (QED) is 0.271. The van der Waals surface area contributed by atoms with Crippen molar-refractivity contribution in [1.29, 1.82) is 0 Å². The molecular formula is C33H41N3O6. The van der Waals surface area contributed by atoms with Gasteiger partial charge in [0.05, 0.1) is 6.61 Å². The highest BCUT2D eigenvalue weighted by atomic mass is 16.6. The van der Waals surface area contributed by atoms with Gasteiger partial charge in [-0.25, -0.2) is 4.79 Å². The second-order valence-electron chi connectivity index (χ2n) is 11.3. The molecule has 9 heteroatoms. The number of carbonyl (C=O) groups excluding carboxylic acids is 3. The van der Waals surface area contributed by atoms with Gasteiger partial charge in [-0.1, -0.05) is 48.5 Å². The third-order valence-corrected chi connectivity index (χ3v) is 6.89. The Kier molecular flexibility index (Phi) is 10.7. The van der Waals surface area contributed by atoms with Gasteiger partial charge in [-0.15, -0.1) is 0 Å². The number of nitrogens with zero attached hydrogens (tertiary/aromatic N) is 1. The van der Waals surface area contributed by atoms with Crippen LogP contribution >= 0.6 is 0 Å². The van der Waals surface area contributed by atoms with Gasteiger partial charge in [-0.3, -0.25) is 9.59 Å². The molecule has 0 aliphatic carbocycles. The first-order valence-electron chi connectivity index (χ1n) is 13.9. The Bertz CT molecular complexity index is 1400. The molecule has 0 spiro atoms. The van der Waals surface area contributed by atoms with Crippen molar-refractivity contribution in [2.45, 2.75) is 65.6 Å². The molecule has 3 rings (SSSR count). The largest absolute Gasteiger partial charge is 0.508 e. The van der Waals surface area contributed by atoms with E-state index >= 15 is 0 Å². The van der Waals surface area contributed by atoms with Crippen LogP contribution < -0.4 is 10.6 Å². The molecule has 42 heavy (non-hydrogen) atoms. The first-order valence-corrected chi connectivity index (χ1v) is 13.9. The second-order valence-corrected chi connectivity index (χ2v) is 11.3. The molecule has 9 nitrogen and oxygen atoms in total. The predicted molar refractivity (Wildman–Crippen MR) is 162 cm³/mol. The summed E-state index contributed by atoms with van der Waals surface area (Å²) in [6.45, 7) is 10.2. The Morgan fingerprint density at radius 3 is 2.17 bits per heavy atom. The van der Waals surface area contributed by atoms with Crippen LogP contribution in [0.1, 0.15) is 54.6 Å². The van der Waals surface area contributed by atoms with Gasteiger partial charge >= 0.3 is 6.09 Å². The summed E-state index contributed by atoms with van der Waals surface area (Å²) in [7, 11) is 0. The number of phenols is 1. The third kappa shape index (κ3) is 8.57. The number of amides is 3. The molecule has 0 aliphatic rings. The van der Waals surface area contributed by atoms with E-state index in [4.69, 9.17) is 4.74 Å². The Hall–Kier alpha value is -4.37. The number of ether oxygens (including phenoxy) is 1. The lowest BCUT2D eigenvalue weighted by molar-refractivity contribution is -0.141. The molecule has 2 atom stereocenters. The molecule has 0 fully saturated rings. The number of hydrogen-bond acceptors (Lipinski definition) is 6. The zero-order chi connectivity index (χ0) is 31.0. The molecule has 0 saturated carbocycles. The number of rotatable bonds is 10. The highest BCUT2D eigenvalue weighted by Gasteiger charge is 2.37. The summed E-state index contributed by atoms with van der Waals surface area (Å²) >= 11 is 0. The predicted octanol–water partition coefficient (Wildman–Crippen LogP) is 4.95. The first-order chi connectivity index (χ1) is 19.8. The maximum absolute atomic E-state index is 14.4. The van der Waals surface area contributed by atoms with E-state index in [0.29, 0.717) is 16.8 Å².